The van der Waals surface area contributed by atoms with Crippen molar-refractivity contribution >= 4 is 34.9 Å². The number of hydrogen-bond donors (Lipinski definition) is 1. The molecular formula is C8H11MgNO2. The van der Waals surface area contributed by atoms with Crippen LogP contribution in [-0.4, -0.2) is 34.9 Å². The molecule has 2 unspecified atom stereocenters. The van der Waals surface area contributed by atoms with Crippen LogP contribution >= 0.6 is 0 Å². The molecule has 0 aromatic rings. The maximum atomic E-state index is 11.1. The van der Waals surface area contributed by atoms with E-state index in [1.54, 1.807) is 0 Å². The summed E-state index contributed by atoms with van der Waals surface area (Å²) in [5.41, 5.74) is 0. The summed E-state index contributed by atoms with van der Waals surface area (Å²) >= 11 is 0. The molecule has 1 aliphatic heterocycles. The van der Waals surface area contributed by atoms with Crippen LogP contribution in [0.3, 0.4) is 0 Å². The SMILES string of the molecule is O=C1NC(=O)C2CCC=CC12.[H-].[H-].[Mg+2]. The maximum Gasteiger partial charge on any atom is 2.00 e. The zero-order chi connectivity index (χ0) is 7.84. The minimum Gasteiger partial charge on any atom is -1.00 e. The molecule has 1 N–H and O–H groups in total. The summed E-state index contributed by atoms with van der Waals surface area (Å²) in [4.78, 5) is 22.1. The van der Waals surface area contributed by atoms with E-state index in [0.29, 0.717) is 0 Å². The fourth-order valence-corrected chi connectivity index (χ4v) is 1.69. The van der Waals surface area contributed by atoms with Crippen molar-refractivity contribution in [2.24, 2.45) is 11.8 Å². The minimum atomic E-state index is -0.170. The van der Waals surface area contributed by atoms with Crippen LogP contribution in [0.2, 0.25) is 0 Å². The molecular weight excluding hydrogens is 166 g/mol. The van der Waals surface area contributed by atoms with E-state index in [1.807, 2.05) is 12.2 Å². The van der Waals surface area contributed by atoms with Crippen LogP contribution in [0.4, 0.5) is 0 Å². The summed E-state index contributed by atoms with van der Waals surface area (Å²) in [6.07, 6.45) is 5.55. The van der Waals surface area contributed by atoms with E-state index in [9.17, 15) is 9.59 Å². The number of rotatable bonds is 0. The largest absolute Gasteiger partial charge is 2.00 e. The van der Waals surface area contributed by atoms with Crippen molar-refractivity contribution in [3.8, 4) is 0 Å². The van der Waals surface area contributed by atoms with Crippen LogP contribution in [0.5, 0.6) is 0 Å². The third-order valence-electron chi connectivity index (χ3n) is 2.31. The molecule has 0 aromatic heterocycles. The summed E-state index contributed by atoms with van der Waals surface area (Å²) in [5, 5.41) is 2.33. The first-order valence-electron chi connectivity index (χ1n) is 3.80. The van der Waals surface area contributed by atoms with E-state index in [4.69, 9.17) is 0 Å². The molecule has 1 heterocycles. The topological polar surface area (TPSA) is 46.2 Å². The Kier molecular flexibility index (Phi) is 2.90. The molecule has 62 valence electrons. The smallest absolute Gasteiger partial charge is 1.00 e. The van der Waals surface area contributed by atoms with E-state index in [1.165, 1.54) is 0 Å². The van der Waals surface area contributed by atoms with E-state index < -0.39 is 0 Å². The Balaban J connectivity index is 0. The Labute approximate surface area is 89.7 Å². The second-order valence-corrected chi connectivity index (χ2v) is 2.99. The molecule has 0 radical (unpaired) electrons. The van der Waals surface area contributed by atoms with Crippen molar-refractivity contribution in [3.63, 3.8) is 0 Å². The summed E-state index contributed by atoms with van der Waals surface area (Å²) in [5.74, 6) is -0.468. The number of amides is 2. The average Bonchev–Trinajstić information content (AvgIpc) is 2.30. The van der Waals surface area contributed by atoms with Gasteiger partial charge in [0.1, 0.15) is 0 Å². The molecule has 0 spiro atoms. The summed E-state index contributed by atoms with van der Waals surface area (Å²) in [7, 11) is 0. The zero-order valence-corrected chi connectivity index (χ0v) is 8.16. The quantitative estimate of drug-likeness (QED) is 0.323. The number of allylic oxidation sites excluding steroid dienone is 1. The predicted molar refractivity (Wildman–Crippen MR) is 46.5 cm³/mol. The van der Waals surface area contributed by atoms with E-state index in [2.05, 4.69) is 5.32 Å². The number of carbonyl (C=O) groups is 2. The van der Waals surface area contributed by atoms with Crippen molar-refractivity contribution in [3.05, 3.63) is 12.2 Å². The zero-order valence-electron chi connectivity index (χ0n) is 8.75. The maximum absolute atomic E-state index is 11.1. The standard InChI is InChI=1S/C8H9NO2.Mg.2H/c10-7-5-3-1-2-4-6(5)8(11)9-7;;;/h1,3,5-6H,2,4H2,(H,9,10,11);;;/q;+2;2*-1. The van der Waals surface area contributed by atoms with Gasteiger partial charge >= 0.3 is 23.1 Å². The third-order valence-corrected chi connectivity index (χ3v) is 2.31. The molecule has 2 atom stereocenters. The first-order valence-corrected chi connectivity index (χ1v) is 3.80. The molecule has 1 fully saturated rings. The molecule has 4 heteroatoms. The molecule has 0 saturated carbocycles. The van der Waals surface area contributed by atoms with Gasteiger partial charge in [-0.3, -0.25) is 14.9 Å². The normalized spacial score (nSPS) is 32.3. The fraction of sp³-hybridized carbons (Fsp3) is 0.500. The van der Waals surface area contributed by atoms with Gasteiger partial charge in [-0.2, -0.15) is 0 Å². The van der Waals surface area contributed by atoms with Crippen molar-refractivity contribution in [1.82, 2.24) is 5.32 Å². The van der Waals surface area contributed by atoms with Crippen LogP contribution in [-0.2, 0) is 9.59 Å². The molecule has 12 heavy (non-hydrogen) atoms. The Morgan fingerprint density at radius 1 is 1.42 bits per heavy atom. The number of imide groups is 1. The Hall–Kier alpha value is -0.354. The predicted octanol–water partition coefficient (Wildman–Crippen LogP) is 0.0694. The molecule has 0 aromatic carbocycles. The van der Waals surface area contributed by atoms with Gasteiger partial charge in [-0.05, 0) is 12.8 Å². The second-order valence-electron chi connectivity index (χ2n) is 2.99. The molecule has 2 aliphatic rings. The second kappa shape index (κ2) is 3.58. The molecule has 1 saturated heterocycles. The van der Waals surface area contributed by atoms with Gasteiger partial charge in [0.05, 0.1) is 11.8 Å². The van der Waals surface area contributed by atoms with Crippen LogP contribution in [0.15, 0.2) is 12.2 Å². The van der Waals surface area contributed by atoms with Gasteiger partial charge in [0.2, 0.25) is 11.8 Å². The van der Waals surface area contributed by atoms with Gasteiger partial charge in [-0.25, -0.2) is 0 Å². The summed E-state index contributed by atoms with van der Waals surface area (Å²) in [6.45, 7) is 0. The first kappa shape index (κ1) is 9.73. The van der Waals surface area contributed by atoms with Gasteiger partial charge in [0.15, 0.2) is 0 Å². The van der Waals surface area contributed by atoms with Gasteiger partial charge < -0.3 is 2.85 Å². The number of carbonyl (C=O) groups excluding carboxylic acids is 2. The first-order chi connectivity index (χ1) is 5.29. The Morgan fingerprint density at radius 3 is 2.83 bits per heavy atom. The average molecular weight is 177 g/mol. The van der Waals surface area contributed by atoms with Gasteiger partial charge in [0, 0.05) is 0 Å². The molecule has 3 nitrogen and oxygen atoms in total. The molecule has 2 amide bonds. The Morgan fingerprint density at radius 2 is 2.17 bits per heavy atom. The summed E-state index contributed by atoms with van der Waals surface area (Å²) < 4.78 is 0. The molecule has 0 bridgehead atoms. The number of hydrogen-bond acceptors (Lipinski definition) is 2. The molecule has 2 rings (SSSR count). The number of fused-ring (bicyclic) bond motifs is 1. The van der Waals surface area contributed by atoms with Crippen LogP contribution in [0.25, 0.3) is 0 Å². The van der Waals surface area contributed by atoms with E-state index in [-0.39, 0.29) is 49.6 Å². The van der Waals surface area contributed by atoms with Crippen LogP contribution in [0.1, 0.15) is 15.7 Å². The van der Waals surface area contributed by atoms with Crippen molar-refractivity contribution < 1.29 is 12.4 Å². The van der Waals surface area contributed by atoms with Crippen LogP contribution < -0.4 is 5.32 Å². The van der Waals surface area contributed by atoms with E-state index in [0.717, 1.165) is 12.8 Å². The van der Waals surface area contributed by atoms with Crippen molar-refractivity contribution in [2.75, 3.05) is 0 Å². The van der Waals surface area contributed by atoms with Crippen LogP contribution in [0, 0.1) is 11.8 Å². The third kappa shape index (κ3) is 1.41. The van der Waals surface area contributed by atoms with Crippen molar-refractivity contribution in [2.45, 2.75) is 12.8 Å². The van der Waals surface area contributed by atoms with Gasteiger partial charge in [0.25, 0.3) is 0 Å². The number of nitrogens with one attached hydrogen (secondary N) is 1. The van der Waals surface area contributed by atoms with Gasteiger partial charge in [-0.15, -0.1) is 0 Å². The monoisotopic (exact) mass is 177 g/mol. The summed E-state index contributed by atoms with van der Waals surface area (Å²) in [6, 6.07) is 0. The Bertz CT molecular complexity index is 258. The van der Waals surface area contributed by atoms with Crippen molar-refractivity contribution in [1.29, 1.82) is 0 Å². The van der Waals surface area contributed by atoms with E-state index >= 15 is 0 Å². The molecule has 1 aliphatic carbocycles. The minimum absolute atomic E-state index is 0. The fourth-order valence-electron chi connectivity index (χ4n) is 1.69. The van der Waals surface area contributed by atoms with Gasteiger partial charge in [-0.1, -0.05) is 12.2 Å².